The third-order valence-electron chi connectivity index (χ3n) is 12.2. The number of fused-ring (bicyclic) bond motifs is 7. The molecule has 2 aromatic carbocycles. The number of halogens is 1. The molecule has 298 valence electrons. The van der Waals surface area contributed by atoms with Gasteiger partial charge in [-0.2, -0.15) is 18.5 Å². The standard InChI is InChI=1S/C41H50FN7O6S/c1-39(2)24-49(18-20-54-39)56(51)55-29-21-28-10-4-9-27-11-5-19-52-38(50)46-40(3)12-6-15-47(25-40)36-31-23-43-34(30(22-29)32(27)28)33(42)35(31)44-37(45-36)53-26-41-13-7-16-48(41)17-8-14-41/h4,9-10,21-23H,5-8,11-20,24-26H2,1-3H3,(H,46,50). The SMILES string of the molecule is CC12CCCN(C1)c1nc(OCC34CCCN3CCC4)nc3c(F)c(ncc13)-c1cc(OS(=O)N3CCOC(C)(C)C3)cc3cccc(c13)CCCOC(=O)N2. The van der Waals surface area contributed by atoms with Gasteiger partial charge < -0.3 is 28.6 Å². The average molecular weight is 788 g/mol. The van der Waals surface area contributed by atoms with Crippen LogP contribution in [0.2, 0.25) is 0 Å². The summed E-state index contributed by atoms with van der Waals surface area (Å²) in [6, 6.07) is 9.50. The van der Waals surface area contributed by atoms with Crippen molar-refractivity contribution in [2.75, 3.05) is 64.0 Å². The molecule has 0 radical (unpaired) electrons. The van der Waals surface area contributed by atoms with Crippen LogP contribution in [0.5, 0.6) is 11.8 Å². The first kappa shape index (κ1) is 37.4. The van der Waals surface area contributed by atoms with Gasteiger partial charge in [0.1, 0.15) is 29.4 Å². The lowest BCUT2D eigenvalue weighted by molar-refractivity contribution is -0.0640. The van der Waals surface area contributed by atoms with Crippen LogP contribution < -0.4 is 19.1 Å². The van der Waals surface area contributed by atoms with E-state index in [1.165, 1.54) is 0 Å². The molecule has 8 heterocycles. The highest BCUT2D eigenvalue weighted by Crippen LogP contribution is 2.42. The maximum atomic E-state index is 17.6. The number of nitrogens with zero attached hydrogens (tertiary/aromatic N) is 6. The number of anilines is 1. The Morgan fingerprint density at radius 2 is 1.80 bits per heavy atom. The number of aromatic nitrogens is 3. The number of amides is 1. The zero-order chi connectivity index (χ0) is 38.7. The molecular weight excluding hydrogens is 738 g/mol. The fourth-order valence-electron chi connectivity index (χ4n) is 9.56. The van der Waals surface area contributed by atoms with Gasteiger partial charge in [-0.25, -0.2) is 9.18 Å². The van der Waals surface area contributed by atoms with E-state index >= 15 is 4.39 Å². The number of piperidine rings is 1. The van der Waals surface area contributed by atoms with E-state index in [1.54, 1.807) is 16.6 Å². The molecular formula is C41H50FN7O6S. The van der Waals surface area contributed by atoms with E-state index in [0.717, 1.165) is 68.0 Å². The molecule has 2 aromatic heterocycles. The fraction of sp³-hybridized carbons (Fsp3) is 0.561. The Labute approximate surface area is 329 Å². The molecule has 15 heteroatoms. The molecule has 2 unspecified atom stereocenters. The summed E-state index contributed by atoms with van der Waals surface area (Å²) in [5.41, 5.74) is 0.436. The number of aryl methyl sites for hydroxylation is 1. The van der Waals surface area contributed by atoms with Gasteiger partial charge in [0, 0.05) is 37.9 Å². The lowest BCUT2D eigenvalue weighted by Gasteiger charge is -2.41. The molecule has 1 N–H and O–H groups in total. The topological polar surface area (TPSA) is 131 Å². The predicted octanol–water partition coefficient (Wildman–Crippen LogP) is 6.09. The summed E-state index contributed by atoms with van der Waals surface area (Å²) in [5.74, 6) is 0.214. The number of morpholine rings is 1. The predicted molar refractivity (Wildman–Crippen MR) is 212 cm³/mol. The molecule has 0 saturated carbocycles. The minimum absolute atomic E-state index is 0.0620. The van der Waals surface area contributed by atoms with E-state index in [4.69, 9.17) is 33.3 Å². The van der Waals surface area contributed by atoms with E-state index in [-0.39, 0.29) is 29.4 Å². The molecule has 1 amide bonds. The normalized spacial score (nSPS) is 24.5. The summed E-state index contributed by atoms with van der Waals surface area (Å²) < 4.78 is 57.1. The quantitative estimate of drug-likeness (QED) is 0.244. The lowest BCUT2D eigenvalue weighted by atomic mass is 9.91. The molecule has 4 saturated heterocycles. The average Bonchev–Trinajstić information content (AvgIpc) is 3.75. The molecule has 4 aromatic rings. The Bertz CT molecular complexity index is 2200. The van der Waals surface area contributed by atoms with Gasteiger partial charge in [0.15, 0.2) is 5.82 Å². The second kappa shape index (κ2) is 14.6. The summed E-state index contributed by atoms with van der Waals surface area (Å²) in [5, 5.41) is 5.11. The van der Waals surface area contributed by atoms with Crippen LogP contribution in [-0.2, 0) is 27.2 Å². The summed E-state index contributed by atoms with van der Waals surface area (Å²) in [6.07, 6.45) is 8.12. The lowest BCUT2D eigenvalue weighted by Crippen LogP contribution is -2.57. The first-order valence-corrected chi connectivity index (χ1v) is 21.0. The minimum atomic E-state index is -1.83. The van der Waals surface area contributed by atoms with E-state index in [2.05, 4.69) is 15.1 Å². The van der Waals surface area contributed by atoms with E-state index < -0.39 is 34.3 Å². The summed E-state index contributed by atoms with van der Waals surface area (Å²) in [7, 11) is 0. The highest BCUT2D eigenvalue weighted by Gasteiger charge is 2.45. The third-order valence-corrected chi connectivity index (χ3v) is 13.3. The Kier molecular flexibility index (Phi) is 9.78. The van der Waals surface area contributed by atoms with Crippen molar-refractivity contribution in [3.63, 3.8) is 0 Å². The Hall–Kier alpha value is -4.18. The van der Waals surface area contributed by atoms with E-state index in [0.29, 0.717) is 74.8 Å². The highest BCUT2D eigenvalue weighted by molar-refractivity contribution is 7.78. The maximum Gasteiger partial charge on any atom is 0.407 e. The van der Waals surface area contributed by atoms with Crippen molar-refractivity contribution in [2.45, 2.75) is 88.8 Å². The van der Waals surface area contributed by atoms with Gasteiger partial charge in [-0.1, -0.05) is 18.2 Å². The first-order valence-electron chi connectivity index (χ1n) is 20.0. The zero-order valence-corrected chi connectivity index (χ0v) is 33.2. The van der Waals surface area contributed by atoms with Gasteiger partial charge in [-0.3, -0.25) is 9.88 Å². The van der Waals surface area contributed by atoms with Crippen LogP contribution in [0.1, 0.15) is 71.3 Å². The second-order valence-electron chi connectivity index (χ2n) is 16.9. The number of alkyl carbamates (subject to hydrolysis) is 1. The molecule has 6 bridgehead atoms. The Morgan fingerprint density at radius 3 is 2.62 bits per heavy atom. The van der Waals surface area contributed by atoms with Crippen molar-refractivity contribution in [1.82, 2.24) is 29.5 Å². The third kappa shape index (κ3) is 7.16. The second-order valence-corrected chi connectivity index (χ2v) is 18.0. The number of hydrogen-bond acceptors (Lipinski definition) is 11. The molecule has 2 atom stereocenters. The monoisotopic (exact) mass is 787 g/mol. The highest BCUT2D eigenvalue weighted by atomic mass is 32.2. The molecule has 0 spiro atoms. The van der Waals surface area contributed by atoms with Crippen molar-refractivity contribution in [3.05, 3.63) is 47.9 Å². The van der Waals surface area contributed by atoms with Crippen LogP contribution in [0, 0.1) is 5.82 Å². The number of ether oxygens (including phenoxy) is 3. The van der Waals surface area contributed by atoms with Crippen LogP contribution >= 0.6 is 0 Å². The zero-order valence-electron chi connectivity index (χ0n) is 32.4. The largest absolute Gasteiger partial charge is 0.461 e. The number of benzene rings is 2. The van der Waals surface area contributed by atoms with Crippen LogP contribution in [0.15, 0.2) is 36.5 Å². The van der Waals surface area contributed by atoms with Gasteiger partial charge >= 0.3 is 12.1 Å². The van der Waals surface area contributed by atoms with Crippen LogP contribution in [0.3, 0.4) is 0 Å². The smallest absolute Gasteiger partial charge is 0.407 e. The van der Waals surface area contributed by atoms with Gasteiger partial charge in [-0.05, 0) is 114 Å². The number of pyridine rings is 1. The number of rotatable bonds is 6. The maximum absolute atomic E-state index is 17.6. The molecule has 6 aliphatic rings. The molecule has 10 rings (SSSR count). The summed E-state index contributed by atoms with van der Waals surface area (Å²) in [4.78, 5) is 32.3. The van der Waals surface area contributed by atoms with Crippen molar-refractivity contribution in [2.24, 2.45) is 0 Å². The van der Waals surface area contributed by atoms with E-state index in [9.17, 15) is 9.00 Å². The van der Waals surface area contributed by atoms with Gasteiger partial charge in [-0.15, -0.1) is 0 Å². The molecule has 0 aliphatic carbocycles. The Morgan fingerprint density at radius 1 is 0.982 bits per heavy atom. The number of carbonyl (C=O) groups excluding carboxylic acids is 1. The van der Waals surface area contributed by atoms with Gasteiger partial charge in [0.25, 0.3) is 11.3 Å². The van der Waals surface area contributed by atoms with Crippen molar-refractivity contribution >= 4 is 44.9 Å². The van der Waals surface area contributed by atoms with E-state index in [1.807, 2.05) is 45.0 Å². The number of carbonyl (C=O) groups is 1. The summed E-state index contributed by atoms with van der Waals surface area (Å²) >= 11 is -1.83. The van der Waals surface area contributed by atoms with Gasteiger partial charge in [0.05, 0.1) is 35.3 Å². The molecule has 4 fully saturated rings. The number of hydrogen-bond donors (Lipinski definition) is 1. The number of nitrogens with one attached hydrogen (secondary N) is 1. The Balaban J connectivity index is 1.18. The van der Waals surface area contributed by atoms with Gasteiger partial charge in [0.2, 0.25) is 0 Å². The molecule has 56 heavy (non-hydrogen) atoms. The van der Waals surface area contributed by atoms with Crippen molar-refractivity contribution in [1.29, 1.82) is 0 Å². The van der Waals surface area contributed by atoms with Crippen LogP contribution in [0.4, 0.5) is 15.0 Å². The van der Waals surface area contributed by atoms with Crippen LogP contribution in [0.25, 0.3) is 32.9 Å². The summed E-state index contributed by atoms with van der Waals surface area (Å²) in [6.45, 7) is 11.0. The van der Waals surface area contributed by atoms with Crippen molar-refractivity contribution in [3.8, 4) is 23.0 Å². The molecule has 6 aliphatic heterocycles. The molecule has 13 nitrogen and oxygen atoms in total. The first-order chi connectivity index (χ1) is 27.0. The van der Waals surface area contributed by atoms with Crippen molar-refractivity contribution < 1.29 is 31.8 Å². The fourth-order valence-corrected chi connectivity index (χ4v) is 10.6. The van der Waals surface area contributed by atoms with Crippen LogP contribution in [-0.4, -0.2) is 110 Å². The minimum Gasteiger partial charge on any atom is -0.461 e.